The van der Waals surface area contributed by atoms with Gasteiger partial charge in [-0.3, -0.25) is 14.8 Å². The molecule has 0 unspecified atom stereocenters. The molecule has 0 radical (unpaired) electrons. The van der Waals surface area contributed by atoms with Gasteiger partial charge in [-0.25, -0.2) is 4.79 Å². The van der Waals surface area contributed by atoms with E-state index in [4.69, 9.17) is 9.47 Å². The minimum atomic E-state index is -0.580. The summed E-state index contributed by atoms with van der Waals surface area (Å²) in [5, 5.41) is 17.8. The molecule has 2 rings (SSSR count). The van der Waals surface area contributed by atoms with Crippen molar-refractivity contribution in [1.82, 2.24) is 15.1 Å². The van der Waals surface area contributed by atoms with Crippen molar-refractivity contribution in [3.05, 3.63) is 40.7 Å². The first-order valence-electron chi connectivity index (χ1n) is 8.02. The third-order valence-electron chi connectivity index (χ3n) is 3.18. The van der Waals surface area contributed by atoms with Crippen molar-refractivity contribution in [2.75, 3.05) is 13.2 Å². The van der Waals surface area contributed by atoms with Gasteiger partial charge < -0.3 is 14.8 Å². The maximum Gasteiger partial charge on any atom is 0.407 e. The summed E-state index contributed by atoms with van der Waals surface area (Å²) in [6.07, 6.45) is 2.83. The van der Waals surface area contributed by atoms with Crippen LogP contribution in [0, 0.1) is 10.1 Å². The molecule has 1 aromatic heterocycles. The molecule has 1 heterocycles. The van der Waals surface area contributed by atoms with Gasteiger partial charge in [-0.1, -0.05) is 0 Å². The lowest BCUT2D eigenvalue weighted by Crippen LogP contribution is -2.34. The number of hydrogen-bond acceptors (Lipinski definition) is 6. The Morgan fingerprint density at radius 2 is 2.04 bits per heavy atom. The number of benzene rings is 1. The molecule has 0 atom stereocenters. The second-order valence-corrected chi connectivity index (χ2v) is 6.65. The summed E-state index contributed by atoms with van der Waals surface area (Å²) < 4.78 is 12.3. The fourth-order valence-corrected chi connectivity index (χ4v) is 2.15. The van der Waals surface area contributed by atoms with Gasteiger partial charge in [0.05, 0.1) is 23.7 Å². The molecule has 0 aliphatic carbocycles. The Balaban J connectivity index is 2.01. The SMILES string of the molecule is Cn1cc(-c2cc(OCCNC(=O)OC(C)(C)C)cc([N+](=O)[O-])c2)cn1. The summed E-state index contributed by atoms with van der Waals surface area (Å²) in [4.78, 5) is 22.2. The van der Waals surface area contributed by atoms with Gasteiger partial charge in [0.2, 0.25) is 0 Å². The predicted octanol–water partition coefficient (Wildman–Crippen LogP) is 2.90. The smallest absolute Gasteiger partial charge is 0.407 e. The Labute approximate surface area is 151 Å². The lowest BCUT2D eigenvalue weighted by Gasteiger charge is -2.19. The summed E-state index contributed by atoms with van der Waals surface area (Å²) in [7, 11) is 1.76. The van der Waals surface area contributed by atoms with E-state index in [0.29, 0.717) is 11.3 Å². The third kappa shape index (κ3) is 5.76. The maximum atomic E-state index is 11.6. The van der Waals surface area contributed by atoms with Gasteiger partial charge in [0.1, 0.15) is 18.0 Å². The zero-order valence-corrected chi connectivity index (χ0v) is 15.2. The number of non-ortho nitro benzene ring substituents is 1. The largest absolute Gasteiger partial charge is 0.491 e. The van der Waals surface area contributed by atoms with Crippen molar-refractivity contribution in [2.45, 2.75) is 26.4 Å². The second-order valence-electron chi connectivity index (χ2n) is 6.65. The topological polar surface area (TPSA) is 109 Å². The first kappa shape index (κ1) is 19.2. The van der Waals surface area contributed by atoms with Crippen LogP contribution in [0.5, 0.6) is 5.75 Å². The average molecular weight is 362 g/mol. The number of nitrogens with one attached hydrogen (secondary N) is 1. The fraction of sp³-hybridized carbons (Fsp3) is 0.412. The Kier molecular flexibility index (Phi) is 5.81. The van der Waals surface area contributed by atoms with Crippen LogP contribution in [0.1, 0.15) is 20.8 Å². The van der Waals surface area contributed by atoms with Crippen LogP contribution in [-0.4, -0.2) is 39.5 Å². The van der Waals surface area contributed by atoms with Crippen LogP contribution in [0.3, 0.4) is 0 Å². The third-order valence-corrected chi connectivity index (χ3v) is 3.18. The minimum absolute atomic E-state index is 0.0820. The zero-order valence-electron chi connectivity index (χ0n) is 15.2. The number of rotatable bonds is 6. The molecule has 0 saturated heterocycles. The number of nitrogens with zero attached hydrogens (tertiary/aromatic N) is 3. The molecular weight excluding hydrogens is 340 g/mol. The molecule has 0 spiro atoms. The maximum absolute atomic E-state index is 11.6. The summed E-state index contributed by atoms with van der Waals surface area (Å²) in [5.74, 6) is 0.337. The Morgan fingerprint density at radius 3 is 2.62 bits per heavy atom. The number of aryl methyl sites for hydroxylation is 1. The van der Waals surface area contributed by atoms with E-state index in [0.717, 1.165) is 5.56 Å². The monoisotopic (exact) mass is 362 g/mol. The summed E-state index contributed by atoms with van der Waals surface area (Å²) >= 11 is 0. The lowest BCUT2D eigenvalue weighted by molar-refractivity contribution is -0.384. The molecule has 1 N–H and O–H groups in total. The summed E-state index contributed by atoms with van der Waals surface area (Å²) in [5.41, 5.74) is 0.709. The van der Waals surface area contributed by atoms with Crippen LogP contribution in [0.15, 0.2) is 30.6 Å². The molecule has 26 heavy (non-hydrogen) atoms. The number of ether oxygens (including phenoxy) is 2. The molecule has 0 saturated carbocycles. The van der Waals surface area contributed by atoms with Crippen LogP contribution in [0.4, 0.5) is 10.5 Å². The van der Waals surface area contributed by atoms with Crippen molar-refractivity contribution in [1.29, 1.82) is 0 Å². The van der Waals surface area contributed by atoms with E-state index in [1.807, 2.05) is 0 Å². The number of carbonyl (C=O) groups excluding carboxylic acids is 1. The van der Waals surface area contributed by atoms with E-state index in [-0.39, 0.29) is 18.8 Å². The second kappa shape index (κ2) is 7.85. The van der Waals surface area contributed by atoms with E-state index in [1.54, 1.807) is 51.0 Å². The number of amides is 1. The number of alkyl carbamates (subject to hydrolysis) is 1. The number of aromatic nitrogens is 2. The Morgan fingerprint density at radius 1 is 1.31 bits per heavy atom. The van der Waals surface area contributed by atoms with Gasteiger partial charge in [-0.15, -0.1) is 0 Å². The van der Waals surface area contributed by atoms with E-state index in [1.165, 1.54) is 12.1 Å². The molecule has 0 aliphatic rings. The highest BCUT2D eigenvalue weighted by Crippen LogP contribution is 2.29. The first-order chi connectivity index (χ1) is 12.1. The van der Waals surface area contributed by atoms with Gasteiger partial charge in [-0.2, -0.15) is 5.10 Å². The van der Waals surface area contributed by atoms with Crippen LogP contribution in [0.2, 0.25) is 0 Å². The average Bonchev–Trinajstić information content (AvgIpc) is 2.96. The predicted molar refractivity (Wildman–Crippen MR) is 95.0 cm³/mol. The molecule has 0 aliphatic heterocycles. The van der Waals surface area contributed by atoms with Crippen molar-refractivity contribution >= 4 is 11.8 Å². The van der Waals surface area contributed by atoms with Crippen LogP contribution < -0.4 is 10.1 Å². The van der Waals surface area contributed by atoms with Gasteiger partial charge in [0, 0.05) is 24.9 Å². The van der Waals surface area contributed by atoms with Gasteiger partial charge in [0.15, 0.2) is 0 Å². The highest BCUT2D eigenvalue weighted by molar-refractivity contribution is 5.68. The molecule has 140 valence electrons. The molecule has 1 aromatic carbocycles. The van der Waals surface area contributed by atoms with E-state index in [9.17, 15) is 14.9 Å². The summed E-state index contributed by atoms with van der Waals surface area (Å²) in [6.45, 7) is 5.66. The van der Waals surface area contributed by atoms with Crippen LogP contribution >= 0.6 is 0 Å². The molecule has 9 nitrogen and oxygen atoms in total. The van der Waals surface area contributed by atoms with Crippen molar-refractivity contribution < 1.29 is 19.2 Å². The highest BCUT2D eigenvalue weighted by Gasteiger charge is 2.16. The van der Waals surface area contributed by atoms with Crippen LogP contribution in [0.25, 0.3) is 11.1 Å². The molecular formula is C17H22N4O5. The van der Waals surface area contributed by atoms with E-state index < -0.39 is 16.6 Å². The van der Waals surface area contributed by atoms with Crippen LogP contribution in [-0.2, 0) is 11.8 Å². The molecule has 2 aromatic rings. The van der Waals surface area contributed by atoms with E-state index in [2.05, 4.69) is 10.4 Å². The Hall–Kier alpha value is -3.10. The normalized spacial score (nSPS) is 11.1. The minimum Gasteiger partial charge on any atom is -0.491 e. The summed E-state index contributed by atoms with van der Waals surface area (Å²) in [6, 6.07) is 4.49. The number of carbonyl (C=O) groups is 1. The quantitative estimate of drug-likeness (QED) is 0.481. The standard InChI is InChI=1S/C17H22N4O5/c1-17(2,3)26-16(22)18-5-6-25-15-8-12(7-14(9-15)21(23)24)13-10-19-20(4)11-13/h7-11H,5-6H2,1-4H3,(H,18,22). The molecule has 0 bridgehead atoms. The van der Waals surface area contributed by atoms with Gasteiger partial charge in [0.25, 0.3) is 5.69 Å². The first-order valence-corrected chi connectivity index (χ1v) is 8.02. The van der Waals surface area contributed by atoms with Crippen molar-refractivity contribution in [2.24, 2.45) is 7.05 Å². The number of nitro groups is 1. The van der Waals surface area contributed by atoms with Gasteiger partial charge >= 0.3 is 6.09 Å². The highest BCUT2D eigenvalue weighted by atomic mass is 16.6. The Bertz CT molecular complexity index is 795. The number of hydrogen-bond donors (Lipinski definition) is 1. The van der Waals surface area contributed by atoms with Crippen molar-refractivity contribution in [3.8, 4) is 16.9 Å². The zero-order chi connectivity index (χ0) is 19.3. The van der Waals surface area contributed by atoms with E-state index >= 15 is 0 Å². The van der Waals surface area contributed by atoms with Gasteiger partial charge in [-0.05, 0) is 32.4 Å². The molecule has 1 amide bonds. The van der Waals surface area contributed by atoms with Crippen molar-refractivity contribution in [3.63, 3.8) is 0 Å². The number of nitro benzene ring substituents is 1. The molecule has 0 fully saturated rings. The lowest BCUT2D eigenvalue weighted by atomic mass is 10.1. The fourth-order valence-electron chi connectivity index (χ4n) is 2.15. The molecule has 9 heteroatoms.